The van der Waals surface area contributed by atoms with E-state index in [1.807, 2.05) is 6.07 Å². The van der Waals surface area contributed by atoms with E-state index in [2.05, 4.69) is 33.4 Å². The monoisotopic (exact) mass is 359 g/mol. The molecule has 2 saturated heterocycles. The lowest BCUT2D eigenvalue weighted by molar-refractivity contribution is 0.229. The lowest BCUT2D eigenvalue weighted by Crippen LogP contribution is -2.45. The van der Waals surface area contributed by atoms with Crippen LogP contribution in [-0.4, -0.2) is 39.1 Å². The molecule has 1 N–H and O–H groups in total. The number of ether oxygens (including phenoxy) is 1. The van der Waals surface area contributed by atoms with Gasteiger partial charge in [-0.3, -0.25) is 0 Å². The van der Waals surface area contributed by atoms with Gasteiger partial charge in [0, 0.05) is 0 Å². The molecule has 0 bridgehead atoms. The van der Waals surface area contributed by atoms with Crippen LogP contribution in [0.15, 0.2) is 22.7 Å². The number of halogens is 1. The molecule has 110 valence electrons. The predicted octanol–water partition coefficient (Wildman–Crippen LogP) is 2.09. The van der Waals surface area contributed by atoms with Gasteiger partial charge in [-0.2, -0.15) is 0 Å². The molecule has 1 aromatic carbocycles. The molecule has 2 fully saturated rings. The number of sulfone groups is 1. The Kier molecular flexibility index (Phi) is 4.06. The van der Waals surface area contributed by atoms with Crippen molar-refractivity contribution in [1.82, 2.24) is 5.32 Å². The molecule has 0 spiro atoms. The maximum absolute atomic E-state index is 11.1. The first-order valence-corrected chi connectivity index (χ1v) is 9.52. The summed E-state index contributed by atoms with van der Waals surface area (Å²) in [6.45, 7) is 2.14. The minimum Gasteiger partial charge on any atom is -0.487 e. The first-order valence-electron chi connectivity index (χ1n) is 6.91. The van der Waals surface area contributed by atoms with Crippen molar-refractivity contribution in [3.05, 3.63) is 28.2 Å². The van der Waals surface area contributed by atoms with Gasteiger partial charge in [-0.25, -0.2) is 8.42 Å². The van der Waals surface area contributed by atoms with Gasteiger partial charge in [0.1, 0.15) is 11.9 Å². The Balaban J connectivity index is 1.68. The number of rotatable bonds is 3. The molecule has 0 saturated carbocycles. The highest BCUT2D eigenvalue weighted by Gasteiger charge is 2.35. The van der Waals surface area contributed by atoms with Crippen LogP contribution in [0.3, 0.4) is 0 Å². The van der Waals surface area contributed by atoms with Crippen molar-refractivity contribution >= 4 is 25.8 Å². The summed E-state index contributed by atoms with van der Waals surface area (Å²) in [7, 11) is -2.84. The lowest BCUT2D eigenvalue weighted by Gasteiger charge is -2.28. The fourth-order valence-corrected chi connectivity index (χ4v) is 4.45. The molecular formula is C14H18BrNO3S. The fourth-order valence-electron chi connectivity index (χ4n) is 2.79. The molecule has 3 rings (SSSR count). The van der Waals surface area contributed by atoms with Crippen LogP contribution in [0.4, 0.5) is 0 Å². The van der Waals surface area contributed by atoms with E-state index in [0.717, 1.165) is 36.2 Å². The highest BCUT2D eigenvalue weighted by Crippen LogP contribution is 2.33. The van der Waals surface area contributed by atoms with Gasteiger partial charge < -0.3 is 10.1 Å². The summed E-state index contributed by atoms with van der Waals surface area (Å²) in [5.74, 6) is 1.61. The molecule has 0 unspecified atom stereocenters. The second-order valence-electron chi connectivity index (χ2n) is 5.53. The number of hydrogen-bond acceptors (Lipinski definition) is 4. The van der Waals surface area contributed by atoms with Crippen molar-refractivity contribution in [3.8, 4) is 5.75 Å². The number of nitrogens with one attached hydrogen (secondary N) is 1. The van der Waals surface area contributed by atoms with Gasteiger partial charge in [-0.15, -0.1) is 0 Å². The van der Waals surface area contributed by atoms with E-state index in [1.165, 1.54) is 5.56 Å². The van der Waals surface area contributed by atoms with Crippen LogP contribution in [0.25, 0.3) is 0 Å². The minimum atomic E-state index is -2.84. The quantitative estimate of drug-likeness (QED) is 0.897. The SMILES string of the molecule is O=S1(=O)CC(Oc2ccc(C3CCNCC3)cc2Br)C1. The van der Waals surface area contributed by atoms with E-state index < -0.39 is 9.84 Å². The molecule has 0 radical (unpaired) electrons. The van der Waals surface area contributed by atoms with Crippen LogP contribution in [0.5, 0.6) is 5.75 Å². The van der Waals surface area contributed by atoms with Gasteiger partial charge in [0.15, 0.2) is 9.84 Å². The van der Waals surface area contributed by atoms with Crippen molar-refractivity contribution in [2.24, 2.45) is 0 Å². The van der Waals surface area contributed by atoms with Gasteiger partial charge >= 0.3 is 0 Å². The smallest absolute Gasteiger partial charge is 0.157 e. The van der Waals surface area contributed by atoms with Gasteiger partial charge in [-0.05, 0) is 65.5 Å². The van der Waals surface area contributed by atoms with Crippen molar-refractivity contribution < 1.29 is 13.2 Å². The molecule has 1 aromatic rings. The normalized spacial score (nSPS) is 23.2. The molecule has 2 aliphatic heterocycles. The first kappa shape index (κ1) is 14.4. The van der Waals surface area contributed by atoms with Crippen LogP contribution < -0.4 is 10.1 Å². The van der Waals surface area contributed by atoms with Gasteiger partial charge in [0.05, 0.1) is 16.0 Å². The van der Waals surface area contributed by atoms with Crippen LogP contribution in [0.1, 0.15) is 24.3 Å². The summed E-state index contributed by atoms with van der Waals surface area (Å²) in [5.41, 5.74) is 1.33. The minimum absolute atomic E-state index is 0.134. The average Bonchev–Trinajstić information content (AvgIpc) is 2.40. The zero-order chi connectivity index (χ0) is 14.2. The third-order valence-electron chi connectivity index (χ3n) is 3.94. The predicted molar refractivity (Wildman–Crippen MR) is 82.1 cm³/mol. The molecule has 0 amide bonds. The topological polar surface area (TPSA) is 55.4 Å². The van der Waals surface area contributed by atoms with Crippen molar-refractivity contribution in [2.45, 2.75) is 24.9 Å². The van der Waals surface area contributed by atoms with E-state index in [1.54, 1.807) is 0 Å². The summed E-state index contributed by atoms with van der Waals surface area (Å²) in [5, 5.41) is 3.37. The number of piperidine rings is 1. The summed E-state index contributed by atoms with van der Waals surface area (Å²) in [4.78, 5) is 0. The molecule has 0 aliphatic carbocycles. The molecule has 20 heavy (non-hydrogen) atoms. The zero-order valence-electron chi connectivity index (χ0n) is 11.1. The highest BCUT2D eigenvalue weighted by molar-refractivity contribution is 9.10. The molecule has 0 atom stereocenters. The molecule has 2 heterocycles. The third kappa shape index (κ3) is 3.18. The largest absolute Gasteiger partial charge is 0.487 e. The molecule has 0 aromatic heterocycles. The first-order chi connectivity index (χ1) is 9.53. The summed E-state index contributed by atoms with van der Waals surface area (Å²) in [6.07, 6.45) is 2.13. The molecular weight excluding hydrogens is 342 g/mol. The second kappa shape index (κ2) is 5.66. The Labute approximate surface area is 127 Å². The Hall–Kier alpha value is -0.590. The van der Waals surface area contributed by atoms with Crippen LogP contribution in [-0.2, 0) is 9.84 Å². The standard InChI is InChI=1S/C14H18BrNO3S/c15-13-7-11(10-3-5-16-6-4-10)1-2-14(13)19-12-8-20(17,18)9-12/h1-2,7,10,12,16H,3-6,8-9H2. The summed E-state index contributed by atoms with van der Waals surface area (Å²) < 4.78 is 28.9. The van der Waals surface area contributed by atoms with Crippen molar-refractivity contribution in [3.63, 3.8) is 0 Å². The van der Waals surface area contributed by atoms with Crippen LogP contribution >= 0.6 is 15.9 Å². The van der Waals surface area contributed by atoms with E-state index in [4.69, 9.17) is 4.74 Å². The summed E-state index contributed by atoms with van der Waals surface area (Å²) in [6, 6.07) is 6.16. The third-order valence-corrected chi connectivity index (χ3v) is 6.32. The second-order valence-corrected chi connectivity index (χ2v) is 8.54. The van der Waals surface area contributed by atoms with Crippen LogP contribution in [0.2, 0.25) is 0 Å². The summed E-state index contributed by atoms with van der Waals surface area (Å²) >= 11 is 3.53. The maximum Gasteiger partial charge on any atom is 0.157 e. The zero-order valence-corrected chi connectivity index (χ0v) is 13.5. The fraction of sp³-hybridized carbons (Fsp3) is 0.571. The highest BCUT2D eigenvalue weighted by atomic mass is 79.9. The molecule has 2 aliphatic rings. The number of hydrogen-bond donors (Lipinski definition) is 1. The van der Waals surface area contributed by atoms with Gasteiger partial charge in [0.2, 0.25) is 0 Å². The van der Waals surface area contributed by atoms with E-state index in [9.17, 15) is 8.42 Å². The van der Waals surface area contributed by atoms with Gasteiger partial charge in [0.25, 0.3) is 0 Å². The Bertz CT molecular complexity index is 584. The Morgan fingerprint density at radius 2 is 1.90 bits per heavy atom. The van der Waals surface area contributed by atoms with E-state index >= 15 is 0 Å². The van der Waals surface area contributed by atoms with Crippen molar-refractivity contribution in [2.75, 3.05) is 24.6 Å². The van der Waals surface area contributed by atoms with E-state index in [0.29, 0.717) is 5.92 Å². The van der Waals surface area contributed by atoms with Crippen LogP contribution in [0, 0.1) is 0 Å². The molecule has 4 nitrogen and oxygen atoms in total. The van der Waals surface area contributed by atoms with Gasteiger partial charge in [-0.1, -0.05) is 6.07 Å². The Morgan fingerprint density at radius 1 is 1.20 bits per heavy atom. The Morgan fingerprint density at radius 3 is 2.50 bits per heavy atom. The maximum atomic E-state index is 11.1. The molecule has 6 heteroatoms. The van der Waals surface area contributed by atoms with Crippen molar-refractivity contribution in [1.29, 1.82) is 0 Å². The lowest BCUT2D eigenvalue weighted by atomic mass is 9.90. The number of benzene rings is 1. The average molecular weight is 360 g/mol. The van der Waals surface area contributed by atoms with E-state index in [-0.39, 0.29) is 17.6 Å².